The SMILES string of the molecule is COc1ccc(Cl)cc1NC(=O)c1csc2cnc(NCCNC(C)O)nc12. The number of hydrogen-bond donors (Lipinski definition) is 4. The molecule has 0 saturated carbocycles. The first-order valence-electron chi connectivity index (χ1n) is 8.52. The fourth-order valence-corrected chi connectivity index (χ4v) is 3.51. The highest BCUT2D eigenvalue weighted by Crippen LogP contribution is 2.30. The predicted molar refractivity (Wildman–Crippen MR) is 112 cm³/mol. The van der Waals surface area contributed by atoms with Crippen LogP contribution in [0.4, 0.5) is 11.6 Å². The molecule has 4 N–H and O–H groups in total. The van der Waals surface area contributed by atoms with Gasteiger partial charge in [0.1, 0.15) is 12.0 Å². The Morgan fingerprint density at radius 2 is 2.21 bits per heavy atom. The summed E-state index contributed by atoms with van der Waals surface area (Å²) in [5.74, 6) is 0.611. The molecule has 1 amide bonds. The minimum Gasteiger partial charge on any atom is -0.495 e. The number of rotatable bonds is 8. The van der Waals surface area contributed by atoms with Gasteiger partial charge < -0.3 is 20.5 Å². The van der Waals surface area contributed by atoms with Crippen molar-refractivity contribution in [2.45, 2.75) is 13.2 Å². The molecule has 0 aliphatic heterocycles. The van der Waals surface area contributed by atoms with Gasteiger partial charge in [-0.2, -0.15) is 0 Å². The second-order valence-electron chi connectivity index (χ2n) is 5.91. The van der Waals surface area contributed by atoms with Gasteiger partial charge in [-0.1, -0.05) is 11.6 Å². The lowest BCUT2D eigenvalue weighted by atomic mass is 10.2. The molecule has 28 heavy (non-hydrogen) atoms. The van der Waals surface area contributed by atoms with E-state index in [1.807, 2.05) is 0 Å². The first-order valence-corrected chi connectivity index (χ1v) is 9.78. The molecule has 0 bridgehead atoms. The van der Waals surface area contributed by atoms with E-state index < -0.39 is 6.23 Å². The largest absolute Gasteiger partial charge is 0.495 e. The zero-order valence-corrected chi connectivity index (χ0v) is 16.9. The molecule has 2 aromatic heterocycles. The molecule has 1 aromatic carbocycles. The van der Waals surface area contributed by atoms with Crippen molar-refractivity contribution in [1.29, 1.82) is 0 Å². The summed E-state index contributed by atoms with van der Waals surface area (Å²) in [6, 6.07) is 5.01. The number of nitrogens with one attached hydrogen (secondary N) is 3. The Morgan fingerprint density at radius 1 is 1.39 bits per heavy atom. The Kier molecular flexibility index (Phi) is 6.63. The van der Waals surface area contributed by atoms with E-state index in [4.69, 9.17) is 16.3 Å². The van der Waals surface area contributed by atoms with Gasteiger partial charge in [0.15, 0.2) is 0 Å². The Bertz CT molecular complexity index is 979. The number of ether oxygens (including phenoxy) is 1. The van der Waals surface area contributed by atoms with Crippen LogP contribution in [0.5, 0.6) is 5.75 Å². The van der Waals surface area contributed by atoms with Crippen LogP contribution in [0.25, 0.3) is 10.2 Å². The second kappa shape index (κ2) is 9.16. The van der Waals surface area contributed by atoms with E-state index in [-0.39, 0.29) is 5.91 Å². The summed E-state index contributed by atoms with van der Waals surface area (Å²) >= 11 is 7.41. The summed E-state index contributed by atoms with van der Waals surface area (Å²) in [4.78, 5) is 21.5. The van der Waals surface area contributed by atoms with E-state index in [0.717, 1.165) is 4.70 Å². The Balaban J connectivity index is 1.78. The van der Waals surface area contributed by atoms with Gasteiger partial charge >= 0.3 is 0 Å². The van der Waals surface area contributed by atoms with E-state index in [9.17, 15) is 9.90 Å². The van der Waals surface area contributed by atoms with Gasteiger partial charge in [0.25, 0.3) is 5.91 Å². The van der Waals surface area contributed by atoms with Crippen molar-refractivity contribution in [3.8, 4) is 5.75 Å². The quantitative estimate of drug-likeness (QED) is 0.327. The molecule has 1 atom stereocenters. The van der Waals surface area contributed by atoms with Crippen LogP contribution in [0.2, 0.25) is 5.02 Å². The van der Waals surface area contributed by atoms with Gasteiger partial charge in [0, 0.05) is 23.5 Å². The number of methoxy groups -OCH3 is 1. The minimum absolute atomic E-state index is 0.313. The fraction of sp³-hybridized carbons (Fsp3) is 0.278. The monoisotopic (exact) mass is 421 g/mol. The number of carbonyl (C=O) groups excluding carboxylic acids is 1. The van der Waals surface area contributed by atoms with Crippen LogP contribution in [0, 0.1) is 0 Å². The molecule has 0 radical (unpaired) electrons. The molecule has 10 heteroatoms. The van der Waals surface area contributed by atoms with E-state index in [1.165, 1.54) is 18.4 Å². The molecule has 0 aliphatic carbocycles. The van der Waals surface area contributed by atoms with Crippen molar-refractivity contribution in [3.05, 3.63) is 40.4 Å². The number of aromatic nitrogens is 2. The third kappa shape index (κ3) is 4.87. The normalized spacial score (nSPS) is 12.0. The number of carbonyl (C=O) groups is 1. The molecular formula is C18H20ClN5O3S. The Morgan fingerprint density at radius 3 is 2.96 bits per heavy atom. The summed E-state index contributed by atoms with van der Waals surface area (Å²) < 4.78 is 6.07. The van der Waals surface area contributed by atoms with Crippen molar-refractivity contribution in [1.82, 2.24) is 15.3 Å². The highest BCUT2D eigenvalue weighted by Gasteiger charge is 2.17. The van der Waals surface area contributed by atoms with Gasteiger partial charge in [-0.3, -0.25) is 10.1 Å². The highest BCUT2D eigenvalue weighted by molar-refractivity contribution is 7.17. The van der Waals surface area contributed by atoms with Gasteiger partial charge in [-0.25, -0.2) is 9.97 Å². The lowest BCUT2D eigenvalue weighted by Gasteiger charge is -2.10. The first kappa shape index (κ1) is 20.3. The smallest absolute Gasteiger partial charge is 0.258 e. The molecule has 8 nitrogen and oxygen atoms in total. The van der Waals surface area contributed by atoms with Crippen molar-refractivity contribution < 1.29 is 14.6 Å². The number of anilines is 2. The summed E-state index contributed by atoms with van der Waals surface area (Å²) in [5.41, 5.74) is 1.48. The number of halogens is 1. The van der Waals surface area contributed by atoms with Gasteiger partial charge in [0.05, 0.1) is 34.8 Å². The third-order valence-corrected chi connectivity index (χ3v) is 4.96. The lowest BCUT2D eigenvalue weighted by Crippen LogP contribution is -2.30. The van der Waals surface area contributed by atoms with Crippen LogP contribution in [-0.2, 0) is 0 Å². The Labute approximate surface area is 170 Å². The van der Waals surface area contributed by atoms with Crippen molar-refractivity contribution in [2.24, 2.45) is 0 Å². The molecule has 148 valence electrons. The van der Waals surface area contributed by atoms with E-state index in [2.05, 4.69) is 25.9 Å². The van der Waals surface area contributed by atoms with Crippen LogP contribution in [0.1, 0.15) is 17.3 Å². The maximum atomic E-state index is 12.8. The molecule has 0 spiro atoms. The predicted octanol–water partition coefficient (Wildman–Crippen LogP) is 2.95. The third-order valence-electron chi connectivity index (χ3n) is 3.82. The fourth-order valence-electron chi connectivity index (χ4n) is 2.50. The van der Waals surface area contributed by atoms with Crippen LogP contribution < -0.4 is 20.7 Å². The van der Waals surface area contributed by atoms with Crippen molar-refractivity contribution in [3.63, 3.8) is 0 Å². The van der Waals surface area contributed by atoms with Crippen LogP contribution in [-0.4, -0.2) is 47.4 Å². The number of aliphatic hydroxyl groups is 1. The molecule has 0 aliphatic rings. The van der Waals surface area contributed by atoms with E-state index in [0.29, 0.717) is 46.6 Å². The number of fused-ring (bicyclic) bond motifs is 1. The van der Waals surface area contributed by atoms with E-state index in [1.54, 1.807) is 36.7 Å². The molecule has 3 rings (SSSR count). The number of amides is 1. The number of benzene rings is 1. The zero-order valence-electron chi connectivity index (χ0n) is 15.3. The molecule has 0 saturated heterocycles. The molecule has 1 unspecified atom stereocenters. The zero-order chi connectivity index (χ0) is 20.1. The second-order valence-corrected chi connectivity index (χ2v) is 7.26. The number of nitrogens with zero attached hydrogens (tertiary/aromatic N) is 2. The van der Waals surface area contributed by atoms with Crippen LogP contribution in [0.3, 0.4) is 0 Å². The van der Waals surface area contributed by atoms with E-state index >= 15 is 0 Å². The van der Waals surface area contributed by atoms with Gasteiger partial charge in [-0.15, -0.1) is 11.3 Å². The maximum absolute atomic E-state index is 12.8. The average Bonchev–Trinajstić information content (AvgIpc) is 3.08. The van der Waals surface area contributed by atoms with Crippen LogP contribution in [0.15, 0.2) is 29.8 Å². The number of thiophene rings is 1. The lowest BCUT2D eigenvalue weighted by molar-refractivity contribution is 0.102. The highest BCUT2D eigenvalue weighted by atomic mass is 35.5. The number of aliphatic hydroxyl groups excluding tert-OH is 1. The summed E-state index contributed by atoms with van der Waals surface area (Å²) in [7, 11) is 1.52. The van der Waals surface area contributed by atoms with Gasteiger partial charge in [-0.05, 0) is 25.1 Å². The molecule has 3 aromatic rings. The standard InChI is InChI=1S/C18H20ClN5O3S/c1-10(25)20-5-6-21-18-22-8-15-16(24-18)12(9-28-15)17(26)23-13-7-11(19)3-4-14(13)27-2/h3-4,7-10,20,25H,5-6H2,1-2H3,(H,23,26)(H,21,22,24). The van der Waals surface area contributed by atoms with Crippen molar-refractivity contribution >= 4 is 50.7 Å². The molecular weight excluding hydrogens is 402 g/mol. The topological polar surface area (TPSA) is 108 Å². The molecule has 2 heterocycles. The average molecular weight is 422 g/mol. The summed E-state index contributed by atoms with van der Waals surface area (Å²) in [6.45, 7) is 2.72. The maximum Gasteiger partial charge on any atom is 0.258 e. The van der Waals surface area contributed by atoms with Crippen LogP contribution >= 0.6 is 22.9 Å². The minimum atomic E-state index is -0.583. The first-order chi connectivity index (χ1) is 13.5. The van der Waals surface area contributed by atoms with Gasteiger partial charge in [0.2, 0.25) is 5.95 Å². The van der Waals surface area contributed by atoms with Crippen molar-refractivity contribution in [2.75, 3.05) is 30.8 Å². The summed E-state index contributed by atoms with van der Waals surface area (Å²) in [5, 5.41) is 20.2. The summed E-state index contributed by atoms with van der Waals surface area (Å²) in [6.07, 6.45) is 1.09. The Hall–Kier alpha value is -2.46. The molecule has 0 fully saturated rings. The number of hydrogen-bond acceptors (Lipinski definition) is 8.